The van der Waals surface area contributed by atoms with Crippen LogP contribution in [0.15, 0.2) is 59.4 Å². The summed E-state index contributed by atoms with van der Waals surface area (Å²) in [5.74, 6) is -1.31. The number of anilines is 1. The average Bonchev–Trinajstić information content (AvgIpc) is 2.89. The molecule has 0 radical (unpaired) electrons. The van der Waals surface area contributed by atoms with Crippen molar-refractivity contribution in [2.45, 2.75) is 0 Å². The minimum Gasteiger partial charge on any atom is -0.384 e. The van der Waals surface area contributed by atoms with Crippen molar-refractivity contribution in [3.05, 3.63) is 81.1 Å². The summed E-state index contributed by atoms with van der Waals surface area (Å²) < 4.78 is 1.23. The second-order valence-electron chi connectivity index (χ2n) is 5.80. The number of nitrogens with two attached hydrogens (primary N) is 1. The first kappa shape index (κ1) is 16.1. The van der Waals surface area contributed by atoms with Gasteiger partial charge in [-0.15, -0.1) is 0 Å². The van der Waals surface area contributed by atoms with Crippen LogP contribution in [-0.4, -0.2) is 16.4 Å². The molecule has 2 amide bonds. The van der Waals surface area contributed by atoms with E-state index in [0.29, 0.717) is 16.3 Å². The van der Waals surface area contributed by atoms with Crippen LogP contribution in [0, 0.1) is 0 Å². The molecule has 0 fully saturated rings. The van der Waals surface area contributed by atoms with Crippen molar-refractivity contribution >= 4 is 29.2 Å². The molecule has 0 spiro atoms. The van der Waals surface area contributed by atoms with Gasteiger partial charge in [-0.05, 0) is 23.8 Å². The lowest BCUT2D eigenvalue weighted by atomic mass is 10.0. The van der Waals surface area contributed by atoms with Gasteiger partial charge in [0.2, 0.25) is 0 Å². The van der Waals surface area contributed by atoms with E-state index < -0.39 is 17.4 Å². The standard InChI is InChI=1S/C19H12ClN3O3/c20-11-5-3-4-10(8-11)12-6-1-2-7-14(12)23-15(24)9-13-16(17(23)21)19(26)22-18(13)25/h1-9H,21H2,(H,22,25,26). The second-order valence-corrected chi connectivity index (χ2v) is 6.24. The molecule has 1 aromatic heterocycles. The molecule has 0 saturated heterocycles. The molecule has 3 N–H and O–H groups in total. The number of nitrogen functional groups attached to an aromatic ring is 1. The number of nitrogens with zero attached hydrogens (tertiary/aromatic N) is 1. The zero-order chi connectivity index (χ0) is 18.4. The zero-order valence-electron chi connectivity index (χ0n) is 13.3. The predicted octanol–water partition coefficient (Wildman–Crippen LogP) is 2.62. The highest BCUT2D eigenvalue weighted by molar-refractivity contribution is 6.30. The van der Waals surface area contributed by atoms with Crippen molar-refractivity contribution in [1.82, 2.24) is 9.88 Å². The highest BCUT2D eigenvalue weighted by Gasteiger charge is 2.32. The lowest BCUT2D eigenvalue weighted by Gasteiger charge is -2.16. The van der Waals surface area contributed by atoms with Crippen LogP contribution in [0.3, 0.4) is 0 Å². The summed E-state index contributed by atoms with van der Waals surface area (Å²) in [6.07, 6.45) is 0. The number of para-hydroxylation sites is 1. The molecule has 6 nitrogen and oxygen atoms in total. The number of benzene rings is 2. The van der Waals surface area contributed by atoms with Gasteiger partial charge in [-0.1, -0.05) is 41.9 Å². The topological polar surface area (TPSA) is 94.2 Å². The van der Waals surface area contributed by atoms with Crippen LogP contribution in [0.5, 0.6) is 0 Å². The van der Waals surface area contributed by atoms with Gasteiger partial charge in [-0.25, -0.2) is 0 Å². The third-order valence-corrected chi connectivity index (χ3v) is 4.47. The monoisotopic (exact) mass is 365 g/mol. The number of amides is 2. The van der Waals surface area contributed by atoms with Gasteiger partial charge in [-0.3, -0.25) is 24.3 Å². The first-order chi connectivity index (χ1) is 12.5. The molecule has 2 heterocycles. The van der Waals surface area contributed by atoms with Crippen LogP contribution in [-0.2, 0) is 0 Å². The molecule has 0 atom stereocenters. The van der Waals surface area contributed by atoms with E-state index in [-0.39, 0.29) is 16.9 Å². The molecule has 1 aliphatic heterocycles. The molecular weight excluding hydrogens is 354 g/mol. The fourth-order valence-electron chi connectivity index (χ4n) is 3.10. The molecule has 26 heavy (non-hydrogen) atoms. The number of rotatable bonds is 2. The first-order valence-corrected chi connectivity index (χ1v) is 8.11. The van der Waals surface area contributed by atoms with Crippen molar-refractivity contribution in [2.75, 3.05) is 5.73 Å². The summed E-state index contributed by atoms with van der Waals surface area (Å²) >= 11 is 6.08. The Balaban J connectivity index is 2.02. The van der Waals surface area contributed by atoms with Gasteiger partial charge in [0.05, 0.1) is 16.8 Å². The Kier molecular flexibility index (Phi) is 3.63. The third-order valence-electron chi connectivity index (χ3n) is 4.23. The number of carbonyl (C=O) groups excluding carboxylic acids is 2. The van der Waals surface area contributed by atoms with Crippen molar-refractivity contribution in [1.29, 1.82) is 0 Å². The van der Waals surface area contributed by atoms with Gasteiger partial charge < -0.3 is 5.73 Å². The molecule has 0 saturated carbocycles. The Morgan fingerprint density at radius 3 is 2.42 bits per heavy atom. The van der Waals surface area contributed by atoms with Crippen LogP contribution >= 0.6 is 11.6 Å². The third kappa shape index (κ3) is 2.39. The normalized spacial score (nSPS) is 12.8. The lowest BCUT2D eigenvalue weighted by molar-refractivity contribution is 0.0880. The molecule has 1 aliphatic rings. The summed E-state index contributed by atoms with van der Waals surface area (Å²) in [5.41, 5.74) is 7.63. The minimum atomic E-state index is -0.621. The SMILES string of the molecule is Nc1c2c(cc(=O)n1-c1ccccc1-c1cccc(Cl)c1)C(=O)NC2=O. The second kappa shape index (κ2) is 5.86. The summed E-state index contributed by atoms with van der Waals surface area (Å²) in [5, 5.41) is 2.71. The molecular formula is C19H12ClN3O3. The van der Waals surface area contributed by atoms with Gasteiger partial charge in [0.15, 0.2) is 0 Å². The minimum absolute atomic E-state index is 0.00557. The number of fused-ring (bicyclic) bond motifs is 1. The smallest absolute Gasteiger partial charge is 0.262 e. The van der Waals surface area contributed by atoms with E-state index in [4.69, 9.17) is 17.3 Å². The molecule has 0 bridgehead atoms. The molecule has 3 aromatic rings. The Morgan fingerprint density at radius 1 is 0.885 bits per heavy atom. The maximum atomic E-state index is 12.7. The summed E-state index contributed by atoms with van der Waals surface area (Å²) in [7, 11) is 0. The lowest BCUT2D eigenvalue weighted by Crippen LogP contribution is -2.24. The molecule has 0 unspecified atom stereocenters. The summed E-state index contributed by atoms with van der Waals surface area (Å²) in [6, 6.07) is 15.4. The summed E-state index contributed by atoms with van der Waals surface area (Å²) in [6.45, 7) is 0. The maximum Gasteiger partial charge on any atom is 0.262 e. The number of nitrogens with one attached hydrogen (secondary N) is 1. The Labute approximate surface area is 152 Å². The van der Waals surface area contributed by atoms with E-state index >= 15 is 0 Å². The number of imide groups is 1. The van der Waals surface area contributed by atoms with Crippen LogP contribution in [0.1, 0.15) is 20.7 Å². The Hall–Kier alpha value is -3.38. The van der Waals surface area contributed by atoms with Gasteiger partial charge in [0.1, 0.15) is 5.82 Å². The predicted molar refractivity (Wildman–Crippen MR) is 98.7 cm³/mol. The van der Waals surface area contributed by atoms with E-state index in [1.807, 2.05) is 18.2 Å². The quantitative estimate of drug-likeness (QED) is 0.682. The van der Waals surface area contributed by atoms with Gasteiger partial charge in [-0.2, -0.15) is 0 Å². The first-order valence-electron chi connectivity index (χ1n) is 7.74. The van der Waals surface area contributed by atoms with Crippen LogP contribution < -0.4 is 16.6 Å². The van der Waals surface area contributed by atoms with Crippen molar-refractivity contribution in [2.24, 2.45) is 0 Å². The van der Waals surface area contributed by atoms with E-state index in [0.717, 1.165) is 11.6 Å². The molecule has 128 valence electrons. The van der Waals surface area contributed by atoms with Gasteiger partial charge in [0.25, 0.3) is 17.4 Å². The Bertz CT molecular complexity index is 1150. The van der Waals surface area contributed by atoms with Crippen molar-refractivity contribution < 1.29 is 9.59 Å². The van der Waals surface area contributed by atoms with E-state index in [1.165, 1.54) is 4.57 Å². The average molecular weight is 366 g/mol. The van der Waals surface area contributed by atoms with E-state index in [9.17, 15) is 14.4 Å². The van der Waals surface area contributed by atoms with Crippen molar-refractivity contribution in [3.8, 4) is 16.8 Å². The fraction of sp³-hybridized carbons (Fsp3) is 0. The van der Waals surface area contributed by atoms with Crippen molar-refractivity contribution in [3.63, 3.8) is 0 Å². The zero-order valence-corrected chi connectivity index (χ0v) is 14.1. The summed E-state index contributed by atoms with van der Waals surface area (Å²) in [4.78, 5) is 36.5. The largest absolute Gasteiger partial charge is 0.384 e. The van der Waals surface area contributed by atoms with Gasteiger partial charge in [0, 0.05) is 16.7 Å². The molecule has 7 heteroatoms. The number of hydrogen-bond donors (Lipinski definition) is 2. The number of halogens is 1. The van der Waals surface area contributed by atoms with E-state index in [1.54, 1.807) is 30.3 Å². The molecule has 4 rings (SSSR count). The Morgan fingerprint density at radius 2 is 1.65 bits per heavy atom. The highest BCUT2D eigenvalue weighted by Crippen LogP contribution is 2.31. The number of hydrogen-bond acceptors (Lipinski definition) is 4. The number of carbonyl (C=O) groups is 2. The van der Waals surface area contributed by atoms with Crippen LogP contribution in [0.2, 0.25) is 5.02 Å². The highest BCUT2D eigenvalue weighted by atomic mass is 35.5. The van der Waals surface area contributed by atoms with Gasteiger partial charge >= 0.3 is 0 Å². The molecule has 2 aromatic carbocycles. The maximum absolute atomic E-state index is 12.7. The molecule has 0 aliphatic carbocycles. The number of pyridine rings is 1. The van der Waals surface area contributed by atoms with Crippen LogP contribution in [0.25, 0.3) is 16.8 Å². The number of aromatic nitrogens is 1. The van der Waals surface area contributed by atoms with Crippen LogP contribution in [0.4, 0.5) is 5.82 Å². The van der Waals surface area contributed by atoms with E-state index in [2.05, 4.69) is 5.32 Å². The fourth-order valence-corrected chi connectivity index (χ4v) is 3.29.